The fourth-order valence-corrected chi connectivity index (χ4v) is 2.68. The summed E-state index contributed by atoms with van der Waals surface area (Å²) in [5.74, 6) is 0.476. The van der Waals surface area contributed by atoms with Crippen molar-refractivity contribution in [3.63, 3.8) is 0 Å². The van der Waals surface area contributed by atoms with E-state index >= 15 is 0 Å². The lowest BCUT2D eigenvalue weighted by molar-refractivity contribution is -0.126. The van der Waals surface area contributed by atoms with Crippen LogP contribution in [-0.4, -0.2) is 62.5 Å². The monoisotopic (exact) mass is 284 g/mol. The van der Waals surface area contributed by atoms with Crippen molar-refractivity contribution in [2.24, 2.45) is 5.92 Å². The Bertz CT molecular complexity index is 319. The normalized spacial score (nSPS) is 20.9. The molecule has 3 N–H and O–H groups in total. The molecule has 20 heavy (non-hydrogen) atoms. The summed E-state index contributed by atoms with van der Waals surface area (Å²) in [4.78, 5) is 25.3. The highest BCUT2D eigenvalue weighted by molar-refractivity contribution is 5.86. The first-order valence-corrected chi connectivity index (χ1v) is 7.43. The van der Waals surface area contributed by atoms with E-state index in [9.17, 15) is 9.59 Å². The van der Waals surface area contributed by atoms with Gasteiger partial charge in [-0.1, -0.05) is 26.7 Å². The van der Waals surface area contributed by atoms with Crippen molar-refractivity contribution in [3.8, 4) is 0 Å². The number of hydrogen-bond acceptors (Lipinski definition) is 4. The van der Waals surface area contributed by atoms with Gasteiger partial charge in [-0.15, -0.1) is 0 Å². The van der Waals surface area contributed by atoms with Crippen molar-refractivity contribution in [1.82, 2.24) is 20.9 Å². The molecule has 6 nitrogen and oxygen atoms in total. The summed E-state index contributed by atoms with van der Waals surface area (Å²) in [6, 6.07) is 0.0179. The zero-order valence-corrected chi connectivity index (χ0v) is 13.0. The number of carbonyl (C=O) groups excluding carboxylic acids is 2. The van der Waals surface area contributed by atoms with E-state index in [1.807, 2.05) is 14.1 Å². The third-order valence-electron chi connectivity index (χ3n) is 4.07. The second-order valence-corrected chi connectivity index (χ2v) is 5.59. The Kier molecular flexibility index (Phi) is 6.95. The molecule has 0 saturated carbocycles. The van der Waals surface area contributed by atoms with Crippen molar-refractivity contribution in [3.05, 3.63) is 0 Å². The number of amides is 2. The molecule has 2 atom stereocenters. The van der Waals surface area contributed by atoms with Crippen LogP contribution in [0.5, 0.6) is 0 Å². The lowest BCUT2D eigenvalue weighted by atomic mass is 9.93. The van der Waals surface area contributed by atoms with Crippen LogP contribution in [0.4, 0.5) is 0 Å². The molecule has 1 heterocycles. The number of piperazine rings is 1. The Labute approximate surface area is 121 Å². The van der Waals surface area contributed by atoms with Gasteiger partial charge in [-0.3, -0.25) is 14.9 Å². The van der Waals surface area contributed by atoms with Crippen LogP contribution in [0.15, 0.2) is 0 Å². The topological polar surface area (TPSA) is 73.5 Å². The average molecular weight is 284 g/mol. The zero-order valence-electron chi connectivity index (χ0n) is 13.0. The minimum Gasteiger partial charge on any atom is -0.353 e. The molecule has 0 aromatic heterocycles. The van der Waals surface area contributed by atoms with Crippen molar-refractivity contribution in [1.29, 1.82) is 0 Å². The molecule has 1 rings (SSSR count). The van der Waals surface area contributed by atoms with Crippen LogP contribution >= 0.6 is 0 Å². The summed E-state index contributed by atoms with van der Waals surface area (Å²) >= 11 is 0. The molecule has 2 unspecified atom stereocenters. The van der Waals surface area contributed by atoms with Crippen molar-refractivity contribution >= 4 is 11.8 Å². The first-order valence-electron chi connectivity index (χ1n) is 7.43. The molecule has 6 heteroatoms. The standard InChI is InChI=1S/C14H28N4O2/c1-5-10(6-2)12(18(3)4)8-17-14(20)11-7-16-13(19)9-15-11/h10-12,15H,5-9H2,1-4H3,(H,16,19)(H,17,20). The summed E-state index contributed by atoms with van der Waals surface area (Å²) in [6.45, 7) is 5.59. The number of carbonyl (C=O) groups is 2. The lowest BCUT2D eigenvalue weighted by Crippen LogP contribution is -2.59. The summed E-state index contributed by atoms with van der Waals surface area (Å²) in [5, 5.41) is 8.64. The van der Waals surface area contributed by atoms with Crippen molar-refractivity contribution in [2.75, 3.05) is 33.7 Å². The third kappa shape index (κ3) is 4.76. The van der Waals surface area contributed by atoms with Crippen LogP contribution in [0, 0.1) is 5.92 Å². The number of likely N-dealkylation sites (N-methyl/N-ethyl adjacent to an activating group) is 1. The van der Waals surface area contributed by atoms with Crippen LogP contribution < -0.4 is 16.0 Å². The van der Waals surface area contributed by atoms with Crippen molar-refractivity contribution < 1.29 is 9.59 Å². The van der Waals surface area contributed by atoms with Gasteiger partial charge in [0.15, 0.2) is 0 Å². The van der Waals surface area contributed by atoms with E-state index in [1.54, 1.807) is 0 Å². The van der Waals surface area contributed by atoms with Crippen LogP contribution in [0.3, 0.4) is 0 Å². The molecule has 1 saturated heterocycles. The molecular formula is C14H28N4O2. The summed E-state index contributed by atoms with van der Waals surface area (Å²) < 4.78 is 0. The van der Waals surface area contributed by atoms with Crippen LogP contribution in [-0.2, 0) is 9.59 Å². The van der Waals surface area contributed by atoms with E-state index in [2.05, 4.69) is 34.7 Å². The van der Waals surface area contributed by atoms with Gasteiger partial charge in [0, 0.05) is 19.1 Å². The van der Waals surface area contributed by atoms with Gasteiger partial charge in [0.05, 0.1) is 6.54 Å². The molecule has 116 valence electrons. The van der Waals surface area contributed by atoms with Gasteiger partial charge < -0.3 is 15.5 Å². The van der Waals surface area contributed by atoms with Crippen LogP contribution in [0.25, 0.3) is 0 Å². The van der Waals surface area contributed by atoms with Gasteiger partial charge >= 0.3 is 0 Å². The second-order valence-electron chi connectivity index (χ2n) is 5.59. The highest BCUT2D eigenvalue weighted by atomic mass is 16.2. The fourth-order valence-electron chi connectivity index (χ4n) is 2.68. The first-order chi connectivity index (χ1) is 9.49. The van der Waals surface area contributed by atoms with Gasteiger partial charge in [-0.05, 0) is 20.0 Å². The first kappa shape index (κ1) is 16.9. The van der Waals surface area contributed by atoms with E-state index in [4.69, 9.17) is 0 Å². The van der Waals surface area contributed by atoms with E-state index in [0.717, 1.165) is 12.8 Å². The molecule has 1 fully saturated rings. The minimum atomic E-state index is -0.322. The predicted molar refractivity (Wildman–Crippen MR) is 79.4 cm³/mol. The molecule has 0 aliphatic carbocycles. The summed E-state index contributed by atoms with van der Waals surface area (Å²) in [5.41, 5.74) is 0. The highest BCUT2D eigenvalue weighted by Gasteiger charge is 2.26. The molecular weight excluding hydrogens is 256 g/mol. The Hall–Kier alpha value is -1.14. The van der Waals surface area contributed by atoms with E-state index < -0.39 is 0 Å². The number of nitrogens with one attached hydrogen (secondary N) is 3. The van der Waals surface area contributed by atoms with Gasteiger partial charge in [0.2, 0.25) is 11.8 Å². The van der Waals surface area contributed by atoms with Crippen molar-refractivity contribution in [2.45, 2.75) is 38.8 Å². The van der Waals surface area contributed by atoms with E-state index in [-0.39, 0.29) is 24.4 Å². The van der Waals surface area contributed by atoms with E-state index in [0.29, 0.717) is 25.0 Å². The number of hydrogen-bond donors (Lipinski definition) is 3. The second kappa shape index (κ2) is 8.21. The maximum absolute atomic E-state index is 12.1. The Morgan fingerprint density at radius 3 is 2.50 bits per heavy atom. The van der Waals surface area contributed by atoms with Gasteiger partial charge in [0.1, 0.15) is 6.04 Å². The highest BCUT2D eigenvalue weighted by Crippen LogP contribution is 2.16. The molecule has 0 spiro atoms. The summed E-state index contributed by atoms with van der Waals surface area (Å²) in [7, 11) is 4.10. The molecule has 2 amide bonds. The number of rotatable bonds is 7. The maximum Gasteiger partial charge on any atom is 0.239 e. The molecule has 0 aromatic carbocycles. The van der Waals surface area contributed by atoms with E-state index in [1.165, 1.54) is 0 Å². The Morgan fingerprint density at radius 2 is 2.05 bits per heavy atom. The average Bonchev–Trinajstić information content (AvgIpc) is 2.43. The largest absolute Gasteiger partial charge is 0.353 e. The van der Waals surface area contributed by atoms with Crippen LogP contribution in [0.1, 0.15) is 26.7 Å². The molecule has 1 aliphatic rings. The quantitative estimate of drug-likeness (QED) is 0.592. The summed E-state index contributed by atoms with van der Waals surface area (Å²) in [6.07, 6.45) is 2.21. The van der Waals surface area contributed by atoms with Gasteiger partial charge in [-0.2, -0.15) is 0 Å². The SMILES string of the molecule is CCC(CC)C(CNC(=O)C1CNC(=O)CN1)N(C)C. The maximum atomic E-state index is 12.1. The number of nitrogens with zero attached hydrogens (tertiary/aromatic N) is 1. The zero-order chi connectivity index (χ0) is 15.1. The predicted octanol–water partition coefficient (Wildman–Crippen LogP) is -0.443. The molecule has 0 radical (unpaired) electrons. The van der Waals surface area contributed by atoms with Gasteiger partial charge in [-0.25, -0.2) is 0 Å². The minimum absolute atomic E-state index is 0.0391. The molecule has 1 aliphatic heterocycles. The lowest BCUT2D eigenvalue weighted by Gasteiger charge is -2.32. The molecule has 0 aromatic rings. The third-order valence-corrected chi connectivity index (χ3v) is 4.07. The van der Waals surface area contributed by atoms with Gasteiger partial charge in [0.25, 0.3) is 0 Å². The fraction of sp³-hybridized carbons (Fsp3) is 0.857. The Morgan fingerprint density at radius 1 is 1.40 bits per heavy atom. The van der Waals surface area contributed by atoms with Crippen LogP contribution in [0.2, 0.25) is 0 Å². The molecule has 0 bridgehead atoms. The smallest absolute Gasteiger partial charge is 0.239 e. The Balaban J connectivity index is 2.46.